The van der Waals surface area contributed by atoms with Gasteiger partial charge in [0.2, 0.25) is 0 Å². The molecule has 0 bridgehead atoms. The molecular weight excluding hydrogens is 423 g/mol. The van der Waals surface area contributed by atoms with Crippen molar-refractivity contribution in [1.82, 2.24) is 4.90 Å². The molecule has 0 unspecified atom stereocenters. The van der Waals surface area contributed by atoms with Gasteiger partial charge < -0.3 is 0 Å². The van der Waals surface area contributed by atoms with Gasteiger partial charge in [-0.3, -0.25) is 9.69 Å². The van der Waals surface area contributed by atoms with Crippen molar-refractivity contribution < 1.29 is 17.6 Å². The molecule has 0 atom stereocenters. The molecule has 3 rings (SSSR count). The van der Waals surface area contributed by atoms with Gasteiger partial charge in [0.05, 0.1) is 9.80 Å². The second kappa shape index (κ2) is 8.30. The van der Waals surface area contributed by atoms with Crippen LogP contribution in [0.2, 0.25) is 5.02 Å². The maximum absolute atomic E-state index is 13.9. The zero-order valence-corrected chi connectivity index (χ0v) is 16.8. The molecule has 0 aromatic heterocycles. The molecule has 5 nitrogen and oxygen atoms in total. The van der Waals surface area contributed by atoms with E-state index in [1.165, 1.54) is 59.5 Å². The number of hydrogen-bond donors (Lipinski definition) is 0. The van der Waals surface area contributed by atoms with Crippen molar-refractivity contribution >= 4 is 50.5 Å². The predicted octanol–water partition coefficient (Wildman–Crippen LogP) is 4.33. The van der Waals surface area contributed by atoms with Crippen LogP contribution in [0.3, 0.4) is 0 Å². The molecule has 9 heteroatoms. The Morgan fingerprint density at radius 3 is 2.50 bits per heavy atom. The number of rotatable bonds is 5. The summed E-state index contributed by atoms with van der Waals surface area (Å²) in [5, 5.41) is 0.364. The number of nitrogens with zero attached hydrogens (tertiary/aromatic N) is 2. The first kappa shape index (κ1) is 20.3. The molecule has 144 valence electrons. The molecule has 2 aromatic rings. The van der Waals surface area contributed by atoms with Crippen LogP contribution in [0.5, 0.6) is 0 Å². The SMILES string of the molecule is C=CCN1C(=O)/C(=C/c2ccccc2F)S/C1=N\S(=O)(=O)c1ccc(Cl)cc1. The van der Waals surface area contributed by atoms with E-state index in [2.05, 4.69) is 11.0 Å². The topological polar surface area (TPSA) is 66.8 Å². The Morgan fingerprint density at radius 2 is 1.86 bits per heavy atom. The van der Waals surface area contributed by atoms with Gasteiger partial charge in [0.25, 0.3) is 15.9 Å². The first-order chi connectivity index (χ1) is 13.3. The number of amidine groups is 1. The first-order valence-electron chi connectivity index (χ1n) is 7.99. The van der Waals surface area contributed by atoms with E-state index in [1.807, 2.05) is 0 Å². The molecule has 1 amide bonds. The standard InChI is InChI=1S/C19H14ClFN2O3S2/c1-2-11-23-18(24)17(12-13-5-3-4-6-16(13)21)27-19(23)22-28(25,26)15-9-7-14(20)8-10-15/h2-10,12H,1,11H2/b17-12-,22-19-. The molecule has 0 saturated carbocycles. The maximum Gasteiger partial charge on any atom is 0.284 e. The number of benzene rings is 2. The summed E-state index contributed by atoms with van der Waals surface area (Å²) in [5.41, 5.74) is 0.221. The fourth-order valence-electron chi connectivity index (χ4n) is 2.36. The lowest BCUT2D eigenvalue weighted by Gasteiger charge is -2.12. The fourth-order valence-corrected chi connectivity index (χ4v) is 4.67. The minimum Gasteiger partial charge on any atom is -0.282 e. The van der Waals surface area contributed by atoms with Crippen molar-refractivity contribution in [3.63, 3.8) is 0 Å². The van der Waals surface area contributed by atoms with Gasteiger partial charge in [-0.25, -0.2) is 4.39 Å². The van der Waals surface area contributed by atoms with Gasteiger partial charge in [-0.15, -0.1) is 11.0 Å². The van der Waals surface area contributed by atoms with Crippen LogP contribution in [0, 0.1) is 5.82 Å². The average molecular weight is 437 g/mol. The summed E-state index contributed by atoms with van der Waals surface area (Å²) in [5.74, 6) is -0.962. The molecule has 0 aliphatic carbocycles. The Labute approximate surface area is 171 Å². The molecule has 1 aliphatic rings. The van der Waals surface area contributed by atoms with E-state index < -0.39 is 21.7 Å². The van der Waals surface area contributed by atoms with Crippen molar-refractivity contribution in [2.45, 2.75) is 4.90 Å². The molecule has 0 spiro atoms. The van der Waals surface area contributed by atoms with Crippen molar-refractivity contribution in [3.05, 3.63) is 82.5 Å². The highest BCUT2D eigenvalue weighted by atomic mass is 35.5. The number of thioether (sulfide) groups is 1. The second-order valence-electron chi connectivity index (χ2n) is 5.64. The summed E-state index contributed by atoms with van der Waals surface area (Å²) in [6, 6.07) is 11.5. The number of amides is 1. The molecular formula is C19H14ClFN2O3S2. The van der Waals surface area contributed by atoms with Crippen molar-refractivity contribution in [1.29, 1.82) is 0 Å². The van der Waals surface area contributed by atoms with E-state index in [0.717, 1.165) is 11.8 Å². The summed E-state index contributed by atoms with van der Waals surface area (Å²) in [4.78, 5) is 14.0. The first-order valence-corrected chi connectivity index (χ1v) is 10.6. The Kier molecular flexibility index (Phi) is 6.02. The molecule has 1 saturated heterocycles. The Hall–Kier alpha value is -2.42. The number of halogens is 2. The summed E-state index contributed by atoms with van der Waals surface area (Å²) in [6.07, 6.45) is 2.82. The summed E-state index contributed by atoms with van der Waals surface area (Å²) >= 11 is 6.65. The van der Waals surface area contributed by atoms with Gasteiger partial charge in [-0.05, 0) is 48.2 Å². The van der Waals surface area contributed by atoms with Crippen molar-refractivity contribution in [3.8, 4) is 0 Å². The molecule has 1 fully saturated rings. The van der Waals surface area contributed by atoms with E-state index in [4.69, 9.17) is 11.6 Å². The highest BCUT2D eigenvalue weighted by Crippen LogP contribution is 2.34. The largest absolute Gasteiger partial charge is 0.284 e. The highest BCUT2D eigenvalue weighted by molar-refractivity contribution is 8.19. The number of hydrogen-bond acceptors (Lipinski definition) is 4. The molecule has 0 radical (unpaired) electrons. The molecule has 0 N–H and O–H groups in total. The van der Waals surface area contributed by atoms with Gasteiger partial charge in [0.1, 0.15) is 5.82 Å². The Balaban J connectivity index is 2.01. The minimum absolute atomic E-state index is 0.0255. The summed E-state index contributed by atoms with van der Waals surface area (Å²) in [6.45, 7) is 3.64. The van der Waals surface area contributed by atoms with Crippen LogP contribution in [0.15, 0.2) is 75.4 Å². The summed E-state index contributed by atoms with van der Waals surface area (Å²) in [7, 11) is -4.06. The van der Waals surface area contributed by atoms with Gasteiger partial charge in [-0.1, -0.05) is 35.9 Å². The van der Waals surface area contributed by atoms with E-state index in [1.54, 1.807) is 6.07 Å². The smallest absolute Gasteiger partial charge is 0.282 e. The molecule has 2 aromatic carbocycles. The van der Waals surface area contributed by atoms with Crippen LogP contribution in [0.1, 0.15) is 5.56 Å². The number of carbonyl (C=O) groups is 1. The molecule has 1 aliphatic heterocycles. The minimum atomic E-state index is -4.06. The van der Waals surface area contributed by atoms with Crippen LogP contribution < -0.4 is 0 Å². The predicted molar refractivity (Wildman–Crippen MR) is 110 cm³/mol. The van der Waals surface area contributed by atoms with Crippen LogP contribution in [-0.4, -0.2) is 30.9 Å². The average Bonchev–Trinajstić information content (AvgIpc) is 2.92. The van der Waals surface area contributed by atoms with Crippen molar-refractivity contribution in [2.75, 3.05) is 6.54 Å². The van der Waals surface area contributed by atoms with E-state index >= 15 is 0 Å². The number of sulfonamides is 1. The third-order valence-corrected chi connectivity index (χ3v) is 6.36. The quantitative estimate of drug-likeness (QED) is 0.517. The zero-order chi connectivity index (χ0) is 20.3. The van der Waals surface area contributed by atoms with E-state index in [0.29, 0.717) is 5.02 Å². The third kappa shape index (κ3) is 4.35. The van der Waals surface area contributed by atoms with Crippen LogP contribution in [0.4, 0.5) is 4.39 Å². The lowest BCUT2D eigenvalue weighted by atomic mass is 10.2. The Bertz CT molecular complexity index is 1100. The normalized spacial score (nSPS) is 17.5. The zero-order valence-electron chi connectivity index (χ0n) is 14.4. The molecule has 1 heterocycles. The van der Waals surface area contributed by atoms with Crippen LogP contribution >= 0.6 is 23.4 Å². The van der Waals surface area contributed by atoms with Gasteiger partial charge in [-0.2, -0.15) is 8.42 Å². The van der Waals surface area contributed by atoms with Crippen LogP contribution in [-0.2, 0) is 14.8 Å². The lowest BCUT2D eigenvalue weighted by Crippen LogP contribution is -2.29. The van der Waals surface area contributed by atoms with E-state index in [-0.39, 0.29) is 27.1 Å². The lowest BCUT2D eigenvalue weighted by molar-refractivity contribution is -0.121. The fraction of sp³-hybridized carbons (Fsp3) is 0.0526. The second-order valence-corrected chi connectivity index (χ2v) is 8.69. The highest BCUT2D eigenvalue weighted by Gasteiger charge is 2.34. The maximum atomic E-state index is 13.9. The number of carbonyl (C=O) groups excluding carboxylic acids is 1. The summed E-state index contributed by atoms with van der Waals surface area (Å²) < 4.78 is 42.9. The van der Waals surface area contributed by atoms with Crippen molar-refractivity contribution in [2.24, 2.45) is 4.40 Å². The van der Waals surface area contributed by atoms with Gasteiger partial charge in [0.15, 0.2) is 5.17 Å². The van der Waals surface area contributed by atoms with E-state index in [9.17, 15) is 17.6 Å². The molecule has 28 heavy (non-hydrogen) atoms. The van der Waals surface area contributed by atoms with Gasteiger partial charge in [0, 0.05) is 17.1 Å². The van der Waals surface area contributed by atoms with Gasteiger partial charge >= 0.3 is 0 Å². The van der Waals surface area contributed by atoms with Crippen LogP contribution in [0.25, 0.3) is 6.08 Å². The monoisotopic (exact) mass is 436 g/mol. The Morgan fingerprint density at radius 1 is 1.18 bits per heavy atom. The third-order valence-electron chi connectivity index (χ3n) is 3.70.